The fourth-order valence-corrected chi connectivity index (χ4v) is 5.26. The van der Waals surface area contributed by atoms with Crippen LogP contribution in [0, 0.1) is 0 Å². The lowest BCUT2D eigenvalue weighted by atomic mass is 9.80. The highest BCUT2D eigenvalue weighted by molar-refractivity contribution is 7.20. The molecule has 1 amide bonds. The molecule has 1 fully saturated rings. The van der Waals surface area contributed by atoms with Crippen LogP contribution in [0.2, 0.25) is 0 Å². The van der Waals surface area contributed by atoms with Crippen LogP contribution in [-0.4, -0.2) is 27.2 Å². The van der Waals surface area contributed by atoms with Gasteiger partial charge in [0, 0.05) is 17.7 Å². The number of H-pyrrole nitrogens is 1. The summed E-state index contributed by atoms with van der Waals surface area (Å²) in [5, 5.41) is 13.3. The lowest BCUT2D eigenvalue weighted by molar-refractivity contribution is -0.115. The van der Waals surface area contributed by atoms with Crippen LogP contribution in [-0.2, 0) is 11.2 Å². The molecule has 0 unspecified atom stereocenters. The van der Waals surface area contributed by atoms with E-state index in [0.717, 1.165) is 50.3 Å². The van der Waals surface area contributed by atoms with E-state index in [1.54, 1.807) is 11.3 Å². The van der Waals surface area contributed by atoms with Crippen LogP contribution in [0.15, 0.2) is 72.8 Å². The first-order valence-corrected chi connectivity index (χ1v) is 11.9. The molecule has 0 atom stereocenters. The molecule has 0 saturated heterocycles. The van der Waals surface area contributed by atoms with Crippen LogP contribution in [0.5, 0.6) is 5.19 Å². The molecular weight excluding hydrogens is 432 g/mol. The van der Waals surface area contributed by atoms with Gasteiger partial charge in [0.15, 0.2) is 5.82 Å². The number of anilines is 1. The Morgan fingerprint density at radius 1 is 1.06 bits per heavy atom. The van der Waals surface area contributed by atoms with Crippen molar-refractivity contribution in [3.8, 4) is 5.19 Å². The molecule has 0 aliphatic heterocycles. The number of nitrogens with zero attached hydrogens (tertiary/aromatic N) is 2. The summed E-state index contributed by atoms with van der Waals surface area (Å²) in [6.45, 7) is 0. The Labute approximate surface area is 194 Å². The van der Waals surface area contributed by atoms with Gasteiger partial charge >= 0.3 is 0 Å². The lowest BCUT2D eigenvalue weighted by Crippen LogP contribution is -2.32. The summed E-state index contributed by atoms with van der Waals surface area (Å²) in [7, 11) is 0. The van der Waals surface area contributed by atoms with Gasteiger partial charge in [0.05, 0.1) is 16.6 Å². The van der Waals surface area contributed by atoms with Crippen LogP contribution in [0.4, 0.5) is 5.82 Å². The van der Waals surface area contributed by atoms with Gasteiger partial charge in [-0.15, -0.1) is 0 Å². The number of aromatic nitrogens is 3. The molecule has 0 bridgehead atoms. The average molecular weight is 455 g/mol. The molecule has 0 spiro atoms. The van der Waals surface area contributed by atoms with Gasteiger partial charge in [-0.25, -0.2) is 4.98 Å². The summed E-state index contributed by atoms with van der Waals surface area (Å²) in [6.07, 6.45) is 2.27. The third-order valence-corrected chi connectivity index (χ3v) is 7.10. The second-order valence-electron chi connectivity index (χ2n) is 8.43. The molecule has 1 aliphatic rings. The maximum Gasteiger partial charge on any atom is 0.274 e. The van der Waals surface area contributed by atoms with Crippen molar-refractivity contribution in [1.82, 2.24) is 15.2 Å². The zero-order chi connectivity index (χ0) is 22.2. The maximum atomic E-state index is 12.6. The average Bonchev–Trinajstić information content (AvgIpc) is 3.42. The number of hydrogen-bond donors (Lipinski definition) is 2. The van der Waals surface area contributed by atoms with Crippen molar-refractivity contribution in [1.29, 1.82) is 0 Å². The van der Waals surface area contributed by atoms with Crippen molar-refractivity contribution >= 4 is 44.1 Å². The van der Waals surface area contributed by atoms with Crippen molar-refractivity contribution in [3.63, 3.8) is 0 Å². The molecule has 33 heavy (non-hydrogen) atoms. The standard InChI is InChI=1S/C26H22N4O2S/c31-25(14-17-8-5-7-16-6-1-2-9-20(16)17)28-24-15-22(29-30-24)18-12-19(13-18)32-26-27-21-10-3-4-11-23(21)33-26/h1-11,15,18-19H,12-14H2,(H2,28,29,30,31). The Balaban J connectivity index is 1.05. The Hall–Kier alpha value is -3.71. The predicted octanol–water partition coefficient (Wildman–Crippen LogP) is 5.68. The Morgan fingerprint density at radius 3 is 2.79 bits per heavy atom. The van der Waals surface area contributed by atoms with Gasteiger partial charge in [0.2, 0.25) is 5.91 Å². The molecule has 7 heteroatoms. The SMILES string of the molecule is O=C(Cc1cccc2ccccc12)Nc1cc(C2CC(Oc3nc4ccccc4s3)C2)[nH]n1. The molecule has 6 nitrogen and oxygen atoms in total. The van der Waals surface area contributed by atoms with E-state index in [-0.39, 0.29) is 12.0 Å². The molecule has 1 saturated carbocycles. The molecular formula is C26H22N4O2S. The molecule has 2 aromatic heterocycles. The topological polar surface area (TPSA) is 79.9 Å². The molecule has 1 aliphatic carbocycles. The second kappa shape index (κ2) is 8.33. The van der Waals surface area contributed by atoms with E-state index in [2.05, 4.69) is 38.7 Å². The zero-order valence-electron chi connectivity index (χ0n) is 17.8. The molecule has 0 radical (unpaired) electrons. The third-order valence-electron chi connectivity index (χ3n) is 6.17. The molecule has 164 valence electrons. The summed E-state index contributed by atoms with van der Waals surface area (Å²) < 4.78 is 7.20. The molecule has 5 aromatic rings. The van der Waals surface area contributed by atoms with Gasteiger partial charge in [-0.05, 0) is 41.3 Å². The summed E-state index contributed by atoms with van der Waals surface area (Å²) in [6, 6.07) is 24.1. The smallest absolute Gasteiger partial charge is 0.274 e. The van der Waals surface area contributed by atoms with E-state index in [1.807, 2.05) is 54.6 Å². The number of para-hydroxylation sites is 1. The Kier molecular flexibility index (Phi) is 5.03. The van der Waals surface area contributed by atoms with Gasteiger partial charge in [0.25, 0.3) is 5.19 Å². The highest BCUT2D eigenvalue weighted by atomic mass is 32.1. The first kappa shape index (κ1) is 19.9. The normalized spacial score (nSPS) is 17.7. The fraction of sp³-hybridized carbons (Fsp3) is 0.192. The monoisotopic (exact) mass is 454 g/mol. The van der Waals surface area contributed by atoms with Crippen molar-refractivity contribution in [2.45, 2.75) is 31.3 Å². The maximum absolute atomic E-state index is 12.6. The zero-order valence-corrected chi connectivity index (χ0v) is 18.6. The number of nitrogens with one attached hydrogen (secondary N) is 2. The van der Waals surface area contributed by atoms with Crippen molar-refractivity contribution in [2.24, 2.45) is 0 Å². The van der Waals surface area contributed by atoms with Crippen LogP contribution < -0.4 is 10.1 Å². The van der Waals surface area contributed by atoms with Crippen molar-refractivity contribution in [3.05, 3.63) is 84.1 Å². The first-order chi connectivity index (χ1) is 16.2. The number of rotatable bonds is 6. The summed E-state index contributed by atoms with van der Waals surface area (Å²) in [4.78, 5) is 17.2. The van der Waals surface area contributed by atoms with Crippen molar-refractivity contribution in [2.75, 3.05) is 5.32 Å². The quantitative estimate of drug-likeness (QED) is 0.346. The Bertz CT molecular complexity index is 1410. The van der Waals surface area contributed by atoms with Crippen LogP contribution in [0.1, 0.15) is 30.0 Å². The van der Waals surface area contributed by atoms with Crippen LogP contribution in [0.25, 0.3) is 21.0 Å². The lowest BCUT2D eigenvalue weighted by Gasteiger charge is -2.33. The number of thiazole rings is 1. The van der Waals surface area contributed by atoms with E-state index in [9.17, 15) is 4.79 Å². The highest BCUT2D eigenvalue weighted by Gasteiger charge is 2.34. The van der Waals surface area contributed by atoms with Crippen LogP contribution in [0.3, 0.4) is 0 Å². The predicted molar refractivity (Wildman–Crippen MR) is 131 cm³/mol. The van der Waals surface area contributed by atoms with Crippen molar-refractivity contribution < 1.29 is 9.53 Å². The number of benzene rings is 3. The van der Waals surface area contributed by atoms with Gasteiger partial charge < -0.3 is 10.1 Å². The molecule has 3 aromatic carbocycles. The van der Waals surface area contributed by atoms with E-state index < -0.39 is 0 Å². The molecule has 2 N–H and O–H groups in total. The summed E-state index contributed by atoms with van der Waals surface area (Å²) in [5.41, 5.74) is 3.01. The number of amides is 1. The number of carbonyl (C=O) groups excluding carboxylic acids is 1. The highest BCUT2D eigenvalue weighted by Crippen LogP contribution is 2.40. The van der Waals surface area contributed by atoms with E-state index >= 15 is 0 Å². The van der Waals surface area contributed by atoms with E-state index in [4.69, 9.17) is 4.74 Å². The number of fused-ring (bicyclic) bond motifs is 2. The second-order valence-corrected chi connectivity index (χ2v) is 9.42. The summed E-state index contributed by atoms with van der Waals surface area (Å²) >= 11 is 1.58. The van der Waals surface area contributed by atoms with Gasteiger partial charge in [-0.2, -0.15) is 5.10 Å². The fourth-order valence-electron chi connectivity index (χ4n) is 4.38. The Morgan fingerprint density at radius 2 is 1.88 bits per heavy atom. The number of hydrogen-bond acceptors (Lipinski definition) is 5. The molecule has 6 rings (SSSR count). The third kappa shape index (κ3) is 4.07. The number of carbonyl (C=O) groups is 1. The largest absolute Gasteiger partial charge is 0.467 e. The minimum Gasteiger partial charge on any atom is -0.467 e. The minimum atomic E-state index is -0.0740. The van der Waals surface area contributed by atoms with Crippen LogP contribution >= 0.6 is 11.3 Å². The first-order valence-electron chi connectivity index (χ1n) is 11.1. The van der Waals surface area contributed by atoms with Gasteiger partial charge in [-0.3, -0.25) is 9.89 Å². The van der Waals surface area contributed by atoms with Gasteiger partial charge in [0.1, 0.15) is 6.10 Å². The minimum absolute atomic E-state index is 0.0740. The van der Waals surface area contributed by atoms with Gasteiger partial charge in [-0.1, -0.05) is 65.9 Å². The molecule has 2 heterocycles. The van der Waals surface area contributed by atoms with E-state index in [1.165, 1.54) is 0 Å². The number of aromatic amines is 1. The number of ether oxygens (including phenoxy) is 1. The van der Waals surface area contributed by atoms with E-state index in [0.29, 0.717) is 18.2 Å². The summed E-state index contributed by atoms with van der Waals surface area (Å²) in [5.74, 6) is 0.835.